The molecule has 0 amide bonds. The van der Waals surface area contributed by atoms with E-state index in [-0.39, 0.29) is 4.90 Å². The first-order valence-electron chi connectivity index (χ1n) is 6.76. The Bertz CT molecular complexity index is 867. The molecule has 3 aromatic rings. The Balaban J connectivity index is 2.01. The van der Waals surface area contributed by atoms with E-state index in [1.165, 1.54) is 6.26 Å². The number of hydrogen-bond acceptors (Lipinski definition) is 4. The number of furan rings is 1. The Morgan fingerprint density at radius 2 is 1.82 bits per heavy atom. The lowest BCUT2D eigenvalue weighted by Gasteiger charge is -2.15. The molecule has 0 saturated heterocycles. The van der Waals surface area contributed by atoms with Crippen molar-refractivity contribution >= 4 is 20.8 Å². The molecule has 114 valence electrons. The van der Waals surface area contributed by atoms with Crippen LogP contribution in [0, 0.1) is 0 Å². The average Bonchev–Trinajstić information content (AvgIpc) is 3.06. The minimum Gasteiger partial charge on any atom is -0.468 e. The molecule has 6 heteroatoms. The second-order valence-electron chi connectivity index (χ2n) is 4.85. The van der Waals surface area contributed by atoms with Gasteiger partial charge in [0.1, 0.15) is 11.8 Å². The van der Waals surface area contributed by atoms with E-state index >= 15 is 0 Å². The third-order valence-corrected chi connectivity index (χ3v) is 4.94. The van der Waals surface area contributed by atoms with Gasteiger partial charge in [0.15, 0.2) is 0 Å². The van der Waals surface area contributed by atoms with Gasteiger partial charge < -0.3 is 9.52 Å². The average molecular weight is 317 g/mol. The molecule has 5 nitrogen and oxygen atoms in total. The van der Waals surface area contributed by atoms with Crippen LogP contribution in [0.5, 0.6) is 0 Å². The second-order valence-corrected chi connectivity index (χ2v) is 6.53. The number of sulfonamides is 1. The number of nitrogens with one attached hydrogen (secondary N) is 1. The molecule has 1 unspecified atom stereocenters. The van der Waals surface area contributed by atoms with Crippen LogP contribution in [0.4, 0.5) is 0 Å². The molecule has 1 aromatic heterocycles. The van der Waals surface area contributed by atoms with Crippen LogP contribution < -0.4 is 4.72 Å². The van der Waals surface area contributed by atoms with Gasteiger partial charge in [0.25, 0.3) is 0 Å². The third kappa shape index (κ3) is 2.76. The van der Waals surface area contributed by atoms with Crippen LogP contribution in [0.25, 0.3) is 10.8 Å². The van der Waals surface area contributed by atoms with E-state index in [0.29, 0.717) is 11.1 Å². The highest BCUT2D eigenvalue weighted by Gasteiger charge is 2.24. The number of benzene rings is 2. The number of aliphatic hydroxyl groups is 1. The van der Waals surface area contributed by atoms with E-state index in [2.05, 4.69) is 4.72 Å². The maximum absolute atomic E-state index is 12.6. The molecule has 0 saturated carbocycles. The quantitative estimate of drug-likeness (QED) is 0.757. The highest BCUT2D eigenvalue weighted by molar-refractivity contribution is 7.89. The molecule has 0 aliphatic rings. The molecule has 0 spiro atoms. The first-order valence-corrected chi connectivity index (χ1v) is 8.24. The zero-order valence-corrected chi connectivity index (χ0v) is 12.5. The molecule has 0 aliphatic heterocycles. The lowest BCUT2D eigenvalue weighted by Crippen LogP contribution is -2.30. The van der Waals surface area contributed by atoms with Gasteiger partial charge in [-0.05, 0) is 23.6 Å². The lowest BCUT2D eigenvalue weighted by atomic mass is 10.1. The van der Waals surface area contributed by atoms with Crippen LogP contribution in [-0.2, 0) is 10.0 Å². The van der Waals surface area contributed by atoms with Crippen LogP contribution in [0.1, 0.15) is 11.8 Å². The largest absolute Gasteiger partial charge is 0.468 e. The fourth-order valence-corrected chi connectivity index (χ4v) is 3.78. The Kier molecular flexibility index (Phi) is 3.98. The maximum atomic E-state index is 12.6. The summed E-state index contributed by atoms with van der Waals surface area (Å²) in [5.41, 5.74) is 0. The van der Waals surface area contributed by atoms with Gasteiger partial charge in [-0.15, -0.1) is 0 Å². The molecule has 3 rings (SSSR count). The Morgan fingerprint density at radius 3 is 2.55 bits per heavy atom. The van der Waals surface area contributed by atoms with E-state index in [4.69, 9.17) is 4.42 Å². The number of rotatable bonds is 5. The molecule has 1 atom stereocenters. The van der Waals surface area contributed by atoms with Crippen molar-refractivity contribution in [3.63, 3.8) is 0 Å². The monoisotopic (exact) mass is 317 g/mol. The minimum atomic E-state index is -3.79. The Morgan fingerprint density at radius 1 is 1.05 bits per heavy atom. The van der Waals surface area contributed by atoms with Gasteiger partial charge in [-0.1, -0.05) is 36.4 Å². The van der Waals surface area contributed by atoms with Crippen molar-refractivity contribution in [3.05, 3.63) is 66.6 Å². The van der Waals surface area contributed by atoms with Gasteiger partial charge in [0.2, 0.25) is 10.0 Å². The van der Waals surface area contributed by atoms with Crippen LogP contribution in [0.3, 0.4) is 0 Å². The number of hydrogen-bond donors (Lipinski definition) is 2. The second kappa shape index (κ2) is 5.92. The van der Waals surface area contributed by atoms with Crippen molar-refractivity contribution in [3.8, 4) is 0 Å². The predicted octanol–water partition coefficient (Wildman–Crippen LogP) is 2.44. The van der Waals surface area contributed by atoms with E-state index in [1.807, 2.05) is 18.2 Å². The lowest BCUT2D eigenvalue weighted by molar-refractivity contribution is 0.242. The van der Waals surface area contributed by atoms with E-state index in [0.717, 1.165) is 5.39 Å². The molecule has 2 aromatic carbocycles. The van der Waals surface area contributed by atoms with Gasteiger partial charge in [-0.3, -0.25) is 0 Å². The molecule has 22 heavy (non-hydrogen) atoms. The molecule has 0 radical (unpaired) electrons. The summed E-state index contributed by atoms with van der Waals surface area (Å²) in [5, 5.41) is 10.9. The zero-order valence-electron chi connectivity index (χ0n) is 11.6. The topological polar surface area (TPSA) is 79.5 Å². The molecular weight excluding hydrogens is 302 g/mol. The smallest absolute Gasteiger partial charge is 0.241 e. The van der Waals surface area contributed by atoms with Crippen LogP contribution in [0.2, 0.25) is 0 Å². The zero-order chi connectivity index (χ0) is 15.6. The van der Waals surface area contributed by atoms with Crippen molar-refractivity contribution in [1.82, 2.24) is 4.72 Å². The molecule has 1 heterocycles. The van der Waals surface area contributed by atoms with E-state index < -0.39 is 22.7 Å². The molecule has 0 fully saturated rings. The van der Waals surface area contributed by atoms with Crippen molar-refractivity contribution < 1.29 is 17.9 Å². The van der Waals surface area contributed by atoms with Crippen LogP contribution in [-0.4, -0.2) is 20.1 Å². The minimum absolute atomic E-state index is 0.176. The summed E-state index contributed by atoms with van der Waals surface area (Å²) in [6.07, 6.45) is 1.43. The van der Waals surface area contributed by atoms with Crippen molar-refractivity contribution in [2.75, 3.05) is 6.61 Å². The Labute approximate surface area is 128 Å². The fourth-order valence-electron chi connectivity index (χ4n) is 2.36. The van der Waals surface area contributed by atoms with Gasteiger partial charge in [0.05, 0.1) is 17.8 Å². The van der Waals surface area contributed by atoms with Crippen molar-refractivity contribution in [2.24, 2.45) is 0 Å². The van der Waals surface area contributed by atoms with E-state index in [1.54, 1.807) is 36.4 Å². The predicted molar refractivity (Wildman–Crippen MR) is 82.8 cm³/mol. The Hall–Kier alpha value is -2.15. The van der Waals surface area contributed by atoms with Crippen LogP contribution >= 0.6 is 0 Å². The highest BCUT2D eigenvalue weighted by atomic mass is 32.2. The van der Waals surface area contributed by atoms with E-state index in [9.17, 15) is 13.5 Å². The number of aliphatic hydroxyl groups excluding tert-OH is 1. The first kappa shape index (κ1) is 14.8. The first-order chi connectivity index (χ1) is 10.6. The summed E-state index contributed by atoms with van der Waals surface area (Å²) < 4.78 is 32.9. The van der Waals surface area contributed by atoms with Crippen LogP contribution in [0.15, 0.2) is 70.2 Å². The number of fused-ring (bicyclic) bond motifs is 1. The molecule has 0 aliphatic carbocycles. The summed E-state index contributed by atoms with van der Waals surface area (Å²) in [4.78, 5) is 0.176. The van der Waals surface area contributed by atoms with Gasteiger partial charge in [-0.2, -0.15) is 4.72 Å². The summed E-state index contributed by atoms with van der Waals surface area (Å²) in [6.45, 7) is -0.391. The summed E-state index contributed by atoms with van der Waals surface area (Å²) in [6, 6.07) is 14.8. The van der Waals surface area contributed by atoms with Gasteiger partial charge in [0, 0.05) is 5.39 Å². The summed E-state index contributed by atoms with van der Waals surface area (Å²) >= 11 is 0. The van der Waals surface area contributed by atoms with Gasteiger partial charge in [-0.25, -0.2) is 8.42 Å². The maximum Gasteiger partial charge on any atom is 0.241 e. The molecule has 2 N–H and O–H groups in total. The van der Waals surface area contributed by atoms with Crippen molar-refractivity contribution in [2.45, 2.75) is 10.9 Å². The highest BCUT2D eigenvalue weighted by Crippen LogP contribution is 2.24. The fraction of sp³-hybridized carbons (Fsp3) is 0.125. The summed E-state index contributed by atoms with van der Waals surface area (Å²) in [5.74, 6) is 0.367. The summed E-state index contributed by atoms with van der Waals surface area (Å²) in [7, 11) is -3.79. The SMILES string of the molecule is O=S(=O)(NC(CO)c1ccco1)c1cccc2ccccc12. The standard InChI is InChI=1S/C16H15NO4S/c18-11-14(15-8-4-10-21-15)17-22(19,20)16-9-3-6-12-5-1-2-7-13(12)16/h1-10,14,17-18H,11H2. The molecular formula is C16H15NO4S. The third-order valence-electron chi connectivity index (χ3n) is 3.41. The van der Waals surface area contributed by atoms with Gasteiger partial charge >= 0.3 is 0 Å². The molecule has 0 bridgehead atoms. The normalized spacial score (nSPS) is 13.3. The van der Waals surface area contributed by atoms with Crippen molar-refractivity contribution in [1.29, 1.82) is 0 Å².